The average molecular weight is 230 g/mol. The summed E-state index contributed by atoms with van der Waals surface area (Å²) in [5.41, 5.74) is 0. The molecule has 0 aliphatic rings. The molecule has 3 nitrogen and oxygen atoms in total. The summed E-state index contributed by atoms with van der Waals surface area (Å²) in [7, 11) is 2.18. The fraction of sp³-hybridized carbons (Fsp3) is 1.00. The van der Waals surface area contributed by atoms with Gasteiger partial charge in [0, 0.05) is 25.2 Å². The first-order valence-electron chi connectivity index (χ1n) is 6.63. The second kappa shape index (κ2) is 10.1. The molecule has 0 spiro atoms. The first-order chi connectivity index (χ1) is 7.61. The van der Waals surface area contributed by atoms with Crippen LogP contribution >= 0.6 is 0 Å². The largest absolute Gasteiger partial charge is 0.380 e. The Morgan fingerprint density at radius 3 is 2.50 bits per heavy atom. The Balaban J connectivity index is 3.63. The molecule has 0 radical (unpaired) electrons. The minimum Gasteiger partial charge on any atom is -0.380 e. The molecule has 0 fully saturated rings. The second-order valence-corrected chi connectivity index (χ2v) is 4.62. The van der Waals surface area contributed by atoms with Gasteiger partial charge in [0.2, 0.25) is 0 Å². The van der Waals surface area contributed by atoms with E-state index in [1.54, 1.807) is 0 Å². The Morgan fingerprint density at radius 2 is 1.94 bits per heavy atom. The Morgan fingerprint density at radius 1 is 1.25 bits per heavy atom. The third-order valence-corrected chi connectivity index (χ3v) is 2.98. The summed E-state index contributed by atoms with van der Waals surface area (Å²) in [5.74, 6) is 0. The van der Waals surface area contributed by atoms with Crippen molar-refractivity contribution in [2.24, 2.45) is 0 Å². The van der Waals surface area contributed by atoms with Gasteiger partial charge in [-0.2, -0.15) is 0 Å². The van der Waals surface area contributed by atoms with Crippen molar-refractivity contribution in [3.05, 3.63) is 0 Å². The first kappa shape index (κ1) is 15.9. The van der Waals surface area contributed by atoms with Crippen molar-refractivity contribution in [3.63, 3.8) is 0 Å². The number of nitrogens with zero attached hydrogens (tertiary/aromatic N) is 1. The minimum absolute atomic E-state index is 0.601. The van der Waals surface area contributed by atoms with Crippen LogP contribution in [0.4, 0.5) is 0 Å². The van der Waals surface area contributed by atoms with Gasteiger partial charge in [-0.05, 0) is 47.2 Å². The third-order valence-electron chi connectivity index (χ3n) is 2.98. The monoisotopic (exact) mass is 230 g/mol. The zero-order chi connectivity index (χ0) is 12.4. The van der Waals surface area contributed by atoms with Gasteiger partial charge in [-0.25, -0.2) is 0 Å². The van der Waals surface area contributed by atoms with Crippen molar-refractivity contribution in [1.29, 1.82) is 0 Å². The zero-order valence-corrected chi connectivity index (χ0v) is 11.8. The van der Waals surface area contributed by atoms with Crippen molar-refractivity contribution in [1.82, 2.24) is 10.2 Å². The fourth-order valence-electron chi connectivity index (χ4n) is 1.74. The summed E-state index contributed by atoms with van der Waals surface area (Å²) < 4.78 is 5.37. The van der Waals surface area contributed by atoms with Crippen LogP contribution in [-0.4, -0.2) is 50.3 Å². The van der Waals surface area contributed by atoms with Crippen molar-refractivity contribution < 1.29 is 4.74 Å². The number of rotatable bonds is 10. The van der Waals surface area contributed by atoms with E-state index >= 15 is 0 Å². The molecule has 0 bridgehead atoms. The molecule has 1 N–H and O–H groups in total. The summed E-state index contributed by atoms with van der Waals surface area (Å²) in [4.78, 5) is 2.37. The van der Waals surface area contributed by atoms with Crippen LogP contribution in [0.5, 0.6) is 0 Å². The highest BCUT2D eigenvalue weighted by molar-refractivity contribution is 4.70. The molecule has 0 aliphatic carbocycles. The SMILES string of the molecule is CCCNC(C)CC(C)N(C)CCOCC. The second-order valence-electron chi connectivity index (χ2n) is 4.62. The van der Waals surface area contributed by atoms with Gasteiger partial charge < -0.3 is 15.0 Å². The van der Waals surface area contributed by atoms with Crippen LogP contribution in [0.3, 0.4) is 0 Å². The minimum atomic E-state index is 0.601. The van der Waals surface area contributed by atoms with Crippen LogP contribution in [0.2, 0.25) is 0 Å². The molecular weight excluding hydrogens is 200 g/mol. The van der Waals surface area contributed by atoms with Crippen molar-refractivity contribution >= 4 is 0 Å². The van der Waals surface area contributed by atoms with E-state index in [1.165, 1.54) is 12.8 Å². The molecule has 0 amide bonds. The van der Waals surface area contributed by atoms with Gasteiger partial charge in [-0.1, -0.05) is 6.92 Å². The molecule has 3 heteroatoms. The molecule has 0 rings (SSSR count). The molecule has 0 saturated carbocycles. The van der Waals surface area contributed by atoms with Crippen molar-refractivity contribution in [2.75, 3.05) is 33.4 Å². The zero-order valence-electron chi connectivity index (χ0n) is 11.8. The Labute approximate surface area is 102 Å². The van der Waals surface area contributed by atoms with Crippen LogP contribution in [0.15, 0.2) is 0 Å². The predicted octanol–water partition coefficient (Wildman–Crippen LogP) is 2.12. The molecule has 0 aromatic carbocycles. The lowest BCUT2D eigenvalue weighted by molar-refractivity contribution is 0.106. The number of hydrogen-bond acceptors (Lipinski definition) is 3. The van der Waals surface area contributed by atoms with Crippen molar-refractivity contribution in [2.45, 2.75) is 52.6 Å². The lowest BCUT2D eigenvalue weighted by Gasteiger charge is -2.27. The smallest absolute Gasteiger partial charge is 0.0593 e. The Bertz CT molecular complexity index is 153. The maximum absolute atomic E-state index is 5.37. The normalized spacial score (nSPS) is 15.4. The van der Waals surface area contributed by atoms with E-state index in [2.05, 4.69) is 38.0 Å². The van der Waals surface area contributed by atoms with Crippen LogP contribution in [0.1, 0.15) is 40.5 Å². The third kappa shape index (κ3) is 8.08. The van der Waals surface area contributed by atoms with Crippen LogP contribution in [-0.2, 0) is 4.74 Å². The lowest BCUT2D eigenvalue weighted by atomic mass is 10.1. The van der Waals surface area contributed by atoms with Gasteiger partial charge >= 0.3 is 0 Å². The van der Waals surface area contributed by atoms with Crippen LogP contribution in [0.25, 0.3) is 0 Å². The van der Waals surface area contributed by atoms with Crippen LogP contribution in [0, 0.1) is 0 Å². The molecule has 0 aromatic heterocycles. The van der Waals surface area contributed by atoms with Gasteiger partial charge in [-0.3, -0.25) is 0 Å². The molecule has 0 heterocycles. The maximum Gasteiger partial charge on any atom is 0.0593 e. The molecule has 2 atom stereocenters. The highest BCUT2D eigenvalue weighted by atomic mass is 16.5. The standard InChI is InChI=1S/C13H30N2O/c1-6-8-14-12(3)11-13(4)15(5)9-10-16-7-2/h12-14H,6-11H2,1-5H3. The summed E-state index contributed by atoms with van der Waals surface area (Å²) in [6.07, 6.45) is 2.40. The number of hydrogen-bond donors (Lipinski definition) is 1. The summed E-state index contributed by atoms with van der Waals surface area (Å²) in [6, 6.07) is 1.21. The highest BCUT2D eigenvalue weighted by Crippen LogP contribution is 2.04. The van der Waals surface area contributed by atoms with E-state index in [0.29, 0.717) is 12.1 Å². The Hall–Kier alpha value is -0.120. The van der Waals surface area contributed by atoms with Gasteiger partial charge in [0.05, 0.1) is 6.61 Å². The average Bonchev–Trinajstić information content (AvgIpc) is 2.26. The molecule has 98 valence electrons. The number of ether oxygens (including phenoxy) is 1. The molecular formula is C13H30N2O. The summed E-state index contributed by atoms with van der Waals surface area (Å²) >= 11 is 0. The number of nitrogens with one attached hydrogen (secondary N) is 1. The first-order valence-corrected chi connectivity index (χ1v) is 6.63. The molecule has 16 heavy (non-hydrogen) atoms. The molecule has 0 saturated heterocycles. The van der Waals surface area contributed by atoms with E-state index in [1.807, 2.05) is 6.92 Å². The molecule has 0 aromatic rings. The quantitative estimate of drug-likeness (QED) is 0.582. The Kier molecular flexibility index (Phi) is 9.99. The predicted molar refractivity (Wildman–Crippen MR) is 71.0 cm³/mol. The van der Waals surface area contributed by atoms with Crippen molar-refractivity contribution in [3.8, 4) is 0 Å². The van der Waals surface area contributed by atoms with E-state index in [9.17, 15) is 0 Å². The highest BCUT2D eigenvalue weighted by Gasteiger charge is 2.12. The molecule has 0 aliphatic heterocycles. The lowest BCUT2D eigenvalue weighted by Crippen LogP contribution is -2.38. The van der Waals surface area contributed by atoms with Crippen LogP contribution < -0.4 is 5.32 Å². The maximum atomic E-state index is 5.37. The topological polar surface area (TPSA) is 24.5 Å². The van der Waals surface area contributed by atoms with E-state index in [-0.39, 0.29) is 0 Å². The van der Waals surface area contributed by atoms with Gasteiger partial charge in [0.15, 0.2) is 0 Å². The molecule has 2 unspecified atom stereocenters. The summed E-state index contributed by atoms with van der Waals surface area (Å²) in [5, 5.41) is 3.53. The fourth-order valence-corrected chi connectivity index (χ4v) is 1.74. The van der Waals surface area contributed by atoms with Gasteiger partial charge in [-0.15, -0.1) is 0 Å². The summed E-state index contributed by atoms with van der Waals surface area (Å²) in [6.45, 7) is 12.6. The van der Waals surface area contributed by atoms with Gasteiger partial charge in [0.25, 0.3) is 0 Å². The van der Waals surface area contributed by atoms with E-state index in [4.69, 9.17) is 4.74 Å². The van der Waals surface area contributed by atoms with E-state index < -0.39 is 0 Å². The van der Waals surface area contributed by atoms with E-state index in [0.717, 1.165) is 26.3 Å². The van der Waals surface area contributed by atoms with Gasteiger partial charge in [0.1, 0.15) is 0 Å². The number of likely N-dealkylation sites (N-methyl/N-ethyl adjacent to an activating group) is 1.